The molecule has 0 aliphatic heterocycles. The molecule has 0 saturated carbocycles. The Hall–Kier alpha value is -1.35. The van der Waals surface area contributed by atoms with E-state index in [2.05, 4.69) is 5.32 Å². The van der Waals surface area contributed by atoms with Gasteiger partial charge in [-0.2, -0.15) is 0 Å². The first-order chi connectivity index (χ1) is 6.72. The molecule has 0 unspecified atom stereocenters. The summed E-state index contributed by atoms with van der Waals surface area (Å²) in [6, 6.07) is 7.72. The van der Waals surface area contributed by atoms with Crippen molar-refractivity contribution in [3.05, 3.63) is 35.4 Å². The number of aliphatic carboxylic acids is 1. The highest BCUT2D eigenvalue weighted by Crippen LogP contribution is 2.06. The van der Waals surface area contributed by atoms with Crippen LogP contribution in [-0.4, -0.2) is 24.7 Å². The molecule has 2 N–H and O–H groups in total. The molecule has 0 heterocycles. The van der Waals surface area contributed by atoms with Crippen LogP contribution in [0.4, 0.5) is 0 Å². The van der Waals surface area contributed by atoms with Gasteiger partial charge in [0, 0.05) is 0 Å². The molecule has 3 heteroatoms. The van der Waals surface area contributed by atoms with Gasteiger partial charge in [0.1, 0.15) is 0 Å². The van der Waals surface area contributed by atoms with E-state index >= 15 is 0 Å². The number of rotatable bonds is 5. The number of likely N-dealkylation sites (N-methyl/N-ethyl adjacent to an activating group) is 1. The summed E-state index contributed by atoms with van der Waals surface area (Å²) in [6.07, 6.45) is 1.04. The number of carbonyl (C=O) groups is 1. The van der Waals surface area contributed by atoms with Gasteiger partial charge in [0.05, 0.1) is 6.42 Å². The Morgan fingerprint density at radius 2 is 2.14 bits per heavy atom. The van der Waals surface area contributed by atoms with Gasteiger partial charge in [-0.15, -0.1) is 0 Å². The van der Waals surface area contributed by atoms with E-state index in [0.717, 1.165) is 18.5 Å². The average Bonchev–Trinajstić information content (AvgIpc) is 2.14. The van der Waals surface area contributed by atoms with Crippen LogP contribution in [0.3, 0.4) is 0 Å². The SMILES string of the molecule is CNCCc1cccc(CC(=O)O)c1. The van der Waals surface area contributed by atoms with E-state index in [4.69, 9.17) is 5.11 Å². The van der Waals surface area contributed by atoms with Crippen molar-refractivity contribution in [1.82, 2.24) is 5.32 Å². The topological polar surface area (TPSA) is 49.3 Å². The van der Waals surface area contributed by atoms with E-state index in [-0.39, 0.29) is 6.42 Å². The number of nitrogens with one attached hydrogen (secondary N) is 1. The standard InChI is InChI=1S/C11H15NO2/c1-12-6-5-9-3-2-4-10(7-9)8-11(13)14/h2-4,7,12H,5-6,8H2,1H3,(H,13,14). The summed E-state index contributed by atoms with van der Waals surface area (Å²) in [6.45, 7) is 0.913. The summed E-state index contributed by atoms with van der Waals surface area (Å²) in [7, 11) is 1.90. The van der Waals surface area contributed by atoms with Gasteiger partial charge in [0.2, 0.25) is 0 Å². The lowest BCUT2D eigenvalue weighted by molar-refractivity contribution is -0.136. The summed E-state index contributed by atoms with van der Waals surface area (Å²) in [5, 5.41) is 11.7. The molecule has 0 aliphatic rings. The van der Waals surface area contributed by atoms with Crippen LogP contribution in [0.2, 0.25) is 0 Å². The molecule has 0 amide bonds. The van der Waals surface area contributed by atoms with Crippen molar-refractivity contribution in [2.24, 2.45) is 0 Å². The molecule has 1 aromatic carbocycles. The van der Waals surface area contributed by atoms with E-state index in [9.17, 15) is 4.79 Å². The second-order valence-electron chi connectivity index (χ2n) is 3.24. The fourth-order valence-electron chi connectivity index (χ4n) is 1.34. The lowest BCUT2D eigenvalue weighted by Crippen LogP contribution is -2.10. The summed E-state index contributed by atoms with van der Waals surface area (Å²) < 4.78 is 0. The predicted octanol–water partition coefficient (Wildman–Crippen LogP) is 1.08. The Kier molecular flexibility index (Phi) is 4.13. The minimum atomic E-state index is -0.782. The molecule has 0 spiro atoms. The zero-order chi connectivity index (χ0) is 10.4. The number of carboxylic acids is 1. The average molecular weight is 193 g/mol. The van der Waals surface area contributed by atoms with Crippen LogP contribution in [-0.2, 0) is 17.6 Å². The van der Waals surface area contributed by atoms with Crippen molar-refractivity contribution in [3.63, 3.8) is 0 Å². The van der Waals surface area contributed by atoms with E-state index in [1.54, 1.807) is 0 Å². The maximum absolute atomic E-state index is 10.5. The number of hydrogen-bond donors (Lipinski definition) is 2. The second kappa shape index (κ2) is 5.40. The molecule has 0 atom stereocenters. The minimum absolute atomic E-state index is 0.105. The Balaban J connectivity index is 2.63. The van der Waals surface area contributed by atoms with Gasteiger partial charge < -0.3 is 10.4 Å². The maximum Gasteiger partial charge on any atom is 0.307 e. The molecule has 76 valence electrons. The van der Waals surface area contributed by atoms with Crippen LogP contribution >= 0.6 is 0 Å². The van der Waals surface area contributed by atoms with Gasteiger partial charge >= 0.3 is 5.97 Å². The van der Waals surface area contributed by atoms with Gasteiger partial charge in [-0.1, -0.05) is 24.3 Å². The number of carboxylic acid groups (broad SMARTS) is 1. The molecular weight excluding hydrogens is 178 g/mol. The lowest BCUT2D eigenvalue weighted by Gasteiger charge is -2.03. The largest absolute Gasteiger partial charge is 0.481 e. The highest BCUT2D eigenvalue weighted by Gasteiger charge is 2.00. The third kappa shape index (κ3) is 3.58. The van der Waals surface area contributed by atoms with Crippen LogP contribution in [0, 0.1) is 0 Å². The van der Waals surface area contributed by atoms with Crippen molar-refractivity contribution in [1.29, 1.82) is 0 Å². The summed E-state index contributed by atoms with van der Waals surface area (Å²) >= 11 is 0. The molecule has 0 aliphatic carbocycles. The molecule has 0 fully saturated rings. The summed E-state index contributed by atoms with van der Waals surface area (Å²) in [5.41, 5.74) is 2.05. The zero-order valence-electron chi connectivity index (χ0n) is 8.29. The normalized spacial score (nSPS) is 10.1. The Labute approximate surface area is 83.8 Å². The van der Waals surface area contributed by atoms with Gasteiger partial charge in [-0.05, 0) is 31.1 Å². The van der Waals surface area contributed by atoms with Crippen molar-refractivity contribution in [3.8, 4) is 0 Å². The first-order valence-corrected chi connectivity index (χ1v) is 4.66. The highest BCUT2D eigenvalue weighted by atomic mass is 16.4. The zero-order valence-corrected chi connectivity index (χ0v) is 8.29. The minimum Gasteiger partial charge on any atom is -0.481 e. The van der Waals surface area contributed by atoms with Gasteiger partial charge in [-0.25, -0.2) is 0 Å². The van der Waals surface area contributed by atoms with Crippen molar-refractivity contribution in [2.45, 2.75) is 12.8 Å². The van der Waals surface area contributed by atoms with E-state index < -0.39 is 5.97 Å². The quantitative estimate of drug-likeness (QED) is 0.735. The molecular formula is C11H15NO2. The van der Waals surface area contributed by atoms with Crippen LogP contribution < -0.4 is 5.32 Å². The Bertz CT molecular complexity index is 310. The van der Waals surface area contributed by atoms with Crippen molar-refractivity contribution >= 4 is 5.97 Å². The first kappa shape index (κ1) is 10.7. The molecule has 1 aromatic rings. The molecule has 0 aromatic heterocycles. The number of benzene rings is 1. The fraction of sp³-hybridized carbons (Fsp3) is 0.364. The van der Waals surface area contributed by atoms with Gasteiger partial charge in [0.25, 0.3) is 0 Å². The van der Waals surface area contributed by atoms with E-state index in [1.165, 1.54) is 5.56 Å². The lowest BCUT2D eigenvalue weighted by atomic mass is 10.1. The van der Waals surface area contributed by atoms with Crippen LogP contribution in [0.1, 0.15) is 11.1 Å². The summed E-state index contributed by atoms with van der Waals surface area (Å²) in [5.74, 6) is -0.782. The number of hydrogen-bond acceptors (Lipinski definition) is 2. The van der Waals surface area contributed by atoms with Crippen LogP contribution in [0.25, 0.3) is 0 Å². The molecule has 0 saturated heterocycles. The van der Waals surface area contributed by atoms with Gasteiger partial charge in [0.15, 0.2) is 0 Å². The molecule has 0 radical (unpaired) electrons. The molecule has 1 rings (SSSR count). The van der Waals surface area contributed by atoms with E-state index in [0.29, 0.717) is 0 Å². The fourth-order valence-corrected chi connectivity index (χ4v) is 1.34. The Morgan fingerprint density at radius 1 is 1.43 bits per heavy atom. The highest BCUT2D eigenvalue weighted by molar-refractivity contribution is 5.70. The summed E-state index contributed by atoms with van der Waals surface area (Å²) in [4.78, 5) is 10.5. The maximum atomic E-state index is 10.5. The van der Waals surface area contributed by atoms with Crippen molar-refractivity contribution < 1.29 is 9.90 Å². The molecule has 0 bridgehead atoms. The van der Waals surface area contributed by atoms with Crippen LogP contribution in [0.15, 0.2) is 24.3 Å². The monoisotopic (exact) mass is 193 g/mol. The third-order valence-corrected chi connectivity index (χ3v) is 2.01. The third-order valence-electron chi connectivity index (χ3n) is 2.01. The van der Waals surface area contributed by atoms with Crippen molar-refractivity contribution in [2.75, 3.05) is 13.6 Å². The predicted molar refractivity (Wildman–Crippen MR) is 55.4 cm³/mol. The smallest absolute Gasteiger partial charge is 0.307 e. The first-order valence-electron chi connectivity index (χ1n) is 4.66. The Morgan fingerprint density at radius 3 is 2.79 bits per heavy atom. The molecule has 14 heavy (non-hydrogen) atoms. The van der Waals surface area contributed by atoms with Crippen LogP contribution in [0.5, 0.6) is 0 Å². The van der Waals surface area contributed by atoms with E-state index in [1.807, 2.05) is 31.3 Å². The molecule has 3 nitrogen and oxygen atoms in total. The second-order valence-corrected chi connectivity index (χ2v) is 3.24. The van der Waals surface area contributed by atoms with Gasteiger partial charge in [-0.3, -0.25) is 4.79 Å².